The molecule has 0 bridgehead atoms. The van der Waals surface area contributed by atoms with Gasteiger partial charge in [-0.25, -0.2) is 0 Å². The highest BCUT2D eigenvalue weighted by Gasteiger charge is 2.17. The first kappa shape index (κ1) is 20.3. The van der Waals surface area contributed by atoms with Gasteiger partial charge in [0.25, 0.3) is 11.8 Å². The number of ketones is 1. The third-order valence-corrected chi connectivity index (χ3v) is 5.32. The quantitative estimate of drug-likeness (QED) is 0.363. The minimum Gasteiger partial charge on any atom is -0.380 e. The predicted molar refractivity (Wildman–Crippen MR) is 106 cm³/mol. The Bertz CT molecular complexity index is 762. The van der Waals surface area contributed by atoms with Crippen molar-refractivity contribution in [2.24, 2.45) is 0 Å². The second-order valence-corrected chi connectivity index (χ2v) is 7.44. The molecule has 1 aromatic carbocycles. The van der Waals surface area contributed by atoms with Crippen LogP contribution in [0.4, 0.5) is 0 Å². The first-order valence-electron chi connectivity index (χ1n) is 10.4. The van der Waals surface area contributed by atoms with Crippen molar-refractivity contribution in [1.82, 2.24) is 10.2 Å². The fourth-order valence-electron chi connectivity index (χ4n) is 3.63. The van der Waals surface area contributed by atoms with E-state index in [0.717, 1.165) is 51.1 Å². The second kappa shape index (κ2) is 10.8. The Morgan fingerprint density at radius 3 is 2.36 bits per heavy atom. The summed E-state index contributed by atoms with van der Waals surface area (Å²) in [5.41, 5.74) is 0.927. The van der Waals surface area contributed by atoms with E-state index in [2.05, 4.69) is 15.2 Å². The van der Waals surface area contributed by atoms with Gasteiger partial charge in [-0.15, -0.1) is 0 Å². The Balaban J connectivity index is 1.18. The number of hydrogen-bond acceptors (Lipinski definition) is 5. The van der Waals surface area contributed by atoms with Crippen molar-refractivity contribution in [3.8, 4) is 0 Å². The Morgan fingerprint density at radius 2 is 1.68 bits per heavy atom. The molecule has 0 spiro atoms. The lowest BCUT2D eigenvalue weighted by Gasteiger charge is -2.35. The number of piperazine rings is 1. The monoisotopic (exact) mass is 385 g/mol. The van der Waals surface area contributed by atoms with E-state index in [1.54, 1.807) is 11.0 Å². The van der Waals surface area contributed by atoms with Gasteiger partial charge < -0.3 is 9.42 Å². The average Bonchev–Trinajstić information content (AvgIpc) is 3.17. The van der Waals surface area contributed by atoms with E-state index in [1.165, 1.54) is 25.7 Å². The van der Waals surface area contributed by atoms with Gasteiger partial charge in [-0.1, -0.05) is 60.8 Å². The van der Waals surface area contributed by atoms with Crippen molar-refractivity contribution in [1.29, 1.82) is 5.41 Å². The lowest BCUT2D eigenvalue weighted by Crippen LogP contribution is -2.66. The van der Waals surface area contributed by atoms with Crippen LogP contribution < -0.4 is 20.6 Å². The zero-order valence-electron chi connectivity index (χ0n) is 16.6. The highest BCUT2D eigenvalue weighted by molar-refractivity contribution is 5.95. The summed E-state index contributed by atoms with van der Waals surface area (Å²) in [6.07, 6.45) is 9.36. The van der Waals surface area contributed by atoms with Crippen LogP contribution in [0.5, 0.6) is 0 Å². The fourth-order valence-corrected chi connectivity index (χ4v) is 3.63. The summed E-state index contributed by atoms with van der Waals surface area (Å²) in [6, 6.07) is 9.60. The molecular weight excluding hydrogens is 354 g/mol. The molecule has 1 saturated heterocycles. The van der Waals surface area contributed by atoms with Crippen molar-refractivity contribution in [2.75, 3.05) is 37.7 Å². The van der Waals surface area contributed by atoms with E-state index in [1.807, 2.05) is 30.3 Å². The number of carbonyl (C=O) groups excluding carboxylic acids is 1. The van der Waals surface area contributed by atoms with Crippen molar-refractivity contribution in [3.63, 3.8) is 0 Å². The lowest BCUT2D eigenvalue weighted by atomic mass is 10.0. The van der Waals surface area contributed by atoms with Crippen LogP contribution in [0.15, 0.2) is 41.1 Å². The molecule has 1 N–H and O–H groups in total. The SMILES string of the molecule is N=c1c[n+](N2CCN(CCCCCCCCC(=O)c3ccccc3)CC2)[n-]o1. The molecule has 0 atom stereocenters. The van der Waals surface area contributed by atoms with E-state index < -0.39 is 0 Å². The summed E-state index contributed by atoms with van der Waals surface area (Å²) in [5, 5.41) is 13.4. The van der Waals surface area contributed by atoms with E-state index in [-0.39, 0.29) is 11.3 Å². The minimum absolute atomic E-state index is 0.0897. The number of Topliss-reactive ketones (excluding diaryl/α,β-unsaturated/α-hetero) is 1. The highest BCUT2D eigenvalue weighted by atomic mass is 16.5. The largest absolute Gasteiger partial charge is 0.380 e. The Morgan fingerprint density at radius 1 is 1.00 bits per heavy atom. The van der Waals surface area contributed by atoms with Gasteiger partial charge >= 0.3 is 0 Å². The third kappa shape index (κ3) is 6.34. The summed E-state index contributed by atoms with van der Waals surface area (Å²) < 4.78 is 4.81. The lowest BCUT2D eigenvalue weighted by molar-refractivity contribution is -0.764. The predicted octanol–water partition coefficient (Wildman–Crippen LogP) is 1.87. The zero-order chi connectivity index (χ0) is 19.6. The number of unbranched alkanes of at least 4 members (excludes halogenated alkanes) is 5. The molecule has 1 fully saturated rings. The van der Waals surface area contributed by atoms with Crippen LogP contribution in [0.1, 0.15) is 55.3 Å². The van der Waals surface area contributed by atoms with Crippen molar-refractivity contribution in [3.05, 3.63) is 47.6 Å². The maximum Gasteiger partial charge on any atom is 0.286 e. The number of hydrogen-bond donors (Lipinski definition) is 1. The molecule has 0 unspecified atom stereocenters. The molecule has 7 nitrogen and oxygen atoms in total. The van der Waals surface area contributed by atoms with Crippen LogP contribution in [0.2, 0.25) is 0 Å². The van der Waals surface area contributed by atoms with E-state index >= 15 is 0 Å². The Hall–Kier alpha value is -2.41. The van der Waals surface area contributed by atoms with Gasteiger partial charge in [-0.2, -0.15) is 0 Å². The Kier molecular flexibility index (Phi) is 7.84. The molecule has 7 heteroatoms. The zero-order valence-corrected chi connectivity index (χ0v) is 16.6. The molecule has 3 rings (SSSR count). The Labute approximate surface area is 166 Å². The minimum atomic E-state index is 0.0897. The number of aromatic nitrogens is 2. The average molecular weight is 386 g/mol. The summed E-state index contributed by atoms with van der Waals surface area (Å²) >= 11 is 0. The van der Waals surface area contributed by atoms with Gasteiger partial charge in [0, 0.05) is 38.2 Å². The summed E-state index contributed by atoms with van der Waals surface area (Å²) in [5.74, 6) is 0.266. The molecule has 2 heterocycles. The molecule has 152 valence electrons. The molecular formula is C21H31N5O2. The third-order valence-electron chi connectivity index (χ3n) is 5.32. The van der Waals surface area contributed by atoms with Crippen molar-refractivity contribution >= 4 is 5.78 Å². The van der Waals surface area contributed by atoms with Crippen LogP contribution >= 0.6 is 0 Å². The summed E-state index contributed by atoms with van der Waals surface area (Å²) in [7, 11) is 0. The smallest absolute Gasteiger partial charge is 0.286 e. The topological polar surface area (TPSA) is 78.5 Å². The van der Waals surface area contributed by atoms with Gasteiger partial charge in [-0.05, 0) is 24.7 Å². The normalized spacial score (nSPS) is 15.1. The summed E-state index contributed by atoms with van der Waals surface area (Å²) in [6.45, 7) is 5.01. The number of nitrogens with zero attached hydrogens (tertiary/aromatic N) is 4. The molecule has 0 amide bonds. The highest BCUT2D eigenvalue weighted by Crippen LogP contribution is 2.11. The molecule has 0 saturated carbocycles. The van der Waals surface area contributed by atoms with Gasteiger partial charge in [0.05, 0.1) is 0 Å². The van der Waals surface area contributed by atoms with Crippen molar-refractivity contribution in [2.45, 2.75) is 44.9 Å². The van der Waals surface area contributed by atoms with Gasteiger partial charge in [-0.3, -0.25) is 15.2 Å². The molecule has 0 aliphatic carbocycles. The maximum absolute atomic E-state index is 12.0. The number of rotatable bonds is 11. The molecule has 1 aliphatic rings. The van der Waals surface area contributed by atoms with Crippen LogP contribution in [-0.4, -0.2) is 43.4 Å². The van der Waals surface area contributed by atoms with Crippen LogP contribution in [0.25, 0.3) is 0 Å². The van der Waals surface area contributed by atoms with E-state index in [4.69, 9.17) is 9.93 Å². The molecule has 28 heavy (non-hydrogen) atoms. The molecule has 2 aromatic rings. The van der Waals surface area contributed by atoms with Gasteiger partial charge in [0.15, 0.2) is 5.78 Å². The number of carbonyl (C=O) groups is 1. The summed E-state index contributed by atoms with van der Waals surface area (Å²) in [4.78, 5) is 16.2. The maximum atomic E-state index is 12.0. The van der Waals surface area contributed by atoms with Crippen LogP contribution in [0.3, 0.4) is 0 Å². The molecule has 0 radical (unpaired) electrons. The first-order valence-corrected chi connectivity index (χ1v) is 10.4. The first-order chi connectivity index (χ1) is 13.7. The standard InChI is InChI=1S/C21H31N5O2/c22-21-18-26(23-28-21)25-16-14-24(15-17-25)13-9-4-2-1-3-8-12-20(27)19-10-6-5-7-11-19/h5-7,10-11,18,22H,1-4,8-9,12-17H2. The van der Waals surface area contributed by atoms with E-state index in [9.17, 15) is 4.79 Å². The van der Waals surface area contributed by atoms with Crippen LogP contribution in [-0.2, 0) is 0 Å². The fraction of sp³-hybridized carbons (Fsp3) is 0.571. The number of nitrogens with one attached hydrogen (secondary N) is 1. The van der Waals surface area contributed by atoms with E-state index in [0.29, 0.717) is 6.42 Å². The van der Waals surface area contributed by atoms with Gasteiger partial charge in [0.1, 0.15) is 0 Å². The van der Waals surface area contributed by atoms with Crippen LogP contribution in [0, 0.1) is 5.41 Å². The molecule has 1 aliphatic heterocycles. The number of benzene rings is 1. The van der Waals surface area contributed by atoms with Gasteiger partial charge in [0.2, 0.25) is 0 Å². The molecule has 1 aromatic heterocycles. The van der Waals surface area contributed by atoms with Crippen molar-refractivity contribution < 1.29 is 14.1 Å². The second-order valence-electron chi connectivity index (χ2n) is 7.44.